The fourth-order valence-electron chi connectivity index (χ4n) is 4.40. The number of aryl methyl sites for hydroxylation is 1. The van der Waals surface area contributed by atoms with Crippen molar-refractivity contribution in [2.24, 2.45) is 0 Å². The topological polar surface area (TPSA) is 55.2 Å². The molecule has 0 fully saturated rings. The highest BCUT2D eigenvalue weighted by atomic mass is 16.2. The third kappa shape index (κ3) is 3.76. The minimum absolute atomic E-state index is 0.0499. The van der Waals surface area contributed by atoms with Crippen LogP contribution in [0.5, 0.6) is 0 Å². The number of fused-ring (bicyclic) bond motifs is 2. The highest BCUT2D eigenvalue weighted by Crippen LogP contribution is 2.38. The van der Waals surface area contributed by atoms with Crippen molar-refractivity contribution < 1.29 is 4.79 Å². The molecule has 0 radical (unpaired) electrons. The van der Waals surface area contributed by atoms with Gasteiger partial charge in [0.05, 0.1) is 28.7 Å². The van der Waals surface area contributed by atoms with E-state index in [1.165, 1.54) is 0 Å². The van der Waals surface area contributed by atoms with Gasteiger partial charge in [0.25, 0.3) is 11.5 Å². The summed E-state index contributed by atoms with van der Waals surface area (Å²) in [6, 6.07) is 23.2. The smallest absolute Gasteiger partial charge is 0.261 e. The first-order chi connectivity index (χ1) is 16.1. The van der Waals surface area contributed by atoms with Crippen LogP contribution < -0.4 is 10.5 Å². The molecule has 1 aromatic heterocycles. The number of aromatic nitrogens is 2. The Balaban J connectivity index is 1.73. The summed E-state index contributed by atoms with van der Waals surface area (Å²) in [5.41, 5.74) is 4.97. The van der Waals surface area contributed by atoms with Crippen molar-refractivity contribution >= 4 is 34.1 Å². The van der Waals surface area contributed by atoms with Crippen LogP contribution in [-0.4, -0.2) is 22.0 Å². The van der Waals surface area contributed by atoms with Gasteiger partial charge in [-0.15, -0.1) is 0 Å². The zero-order chi connectivity index (χ0) is 22.9. The van der Waals surface area contributed by atoms with Crippen LogP contribution in [0.1, 0.15) is 35.9 Å². The molecule has 1 aliphatic heterocycles. The van der Waals surface area contributed by atoms with Crippen LogP contribution in [0.25, 0.3) is 22.6 Å². The van der Waals surface area contributed by atoms with E-state index in [0.717, 1.165) is 28.8 Å². The van der Waals surface area contributed by atoms with E-state index in [2.05, 4.69) is 6.92 Å². The summed E-state index contributed by atoms with van der Waals surface area (Å²) < 4.78 is 1.66. The van der Waals surface area contributed by atoms with Crippen LogP contribution in [0.4, 0.5) is 5.69 Å². The molecule has 0 saturated carbocycles. The minimum atomic E-state index is -0.114. The normalized spacial score (nSPS) is 14.3. The molecule has 5 rings (SSSR count). The molecule has 1 aliphatic rings. The molecule has 3 aromatic carbocycles. The summed E-state index contributed by atoms with van der Waals surface area (Å²) in [5, 5.41) is 0.567. The van der Waals surface area contributed by atoms with Gasteiger partial charge >= 0.3 is 0 Å². The molecule has 0 aliphatic carbocycles. The van der Waals surface area contributed by atoms with E-state index in [9.17, 15) is 9.59 Å². The molecule has 1 amide bonds. The van der Waals surface area contributed by atoms with Gasteiger partial charge in [0.1, 0.15) is 5.82 Å². The minimum Gasteiger partial charge on any atom is -0.308 e. The fourth-order valence-corrected chi connectivity index (χ4v) is 4.40. The number of amides is 1. The average molecular weight is 436 g/mol. The Labute approximate surface area is 192 Å². The maximum atomic E-state index is 13.5. The Hall–Kier alpha value is -3.99. The second kappa shape index (κ2) is 8.51. The number of rotatable bonds is 5. The van der Waals surface area contributed by atoms with Crippen molar-refractivity contribution in [2.75, 3.05) is 11.4 Å². The molecule has 0 spiro atoms. The van der Waals surface area contributed by atoms with Gasteiger partial charge in [0, 0.05) is 12.1 Å². The van der Waals surface area contributed by atoms with Gasteiger partial charge in [0.15, 0.2) is 0 Å². The summed E-state index contributed by atoms with van der Waals surface area (Å²) in [4.78, 5) is 33.5. The van der Waals surface area contributed by atoms with Gasteiger partial charge in [-0.2, -0.15) is 0 Å². The van der Waals surface area contributed by atoms with Gasteiger partial charge in [-0.25, -0.2) is 4.98 Å². The van der Waals surface area contributed by atoms with Crippen molar-refractivity contribution in [1.29, 1.82) is 0 Å². The molecule has 0 bridgehead atoms. The molecule has 33 heavy (non-hydrogen) atoms. The number of para-hydroxylation sites is 1. The number of carbonyl (C=O) groups is 1. The van der Waals surface area contributed by atoms with Crippen LogP contribution in [0.2, 0.25) is 0 Å². The Morgan fingerprint density at radius 2 is 1.70 bits per heavy atom. The quantitative estimate of drug-likeness (QED) is 0.412. The van der Waals surface area contributed by atoms with Crippen molar-refractivity contribution in [2.45, 2.75) is 26.8 Å². The Kier molecular flexibility index (Phi) is 5.38. The van der Waals surface area contributed by atoms with Crippen LogP contribution in [0.15, 0.2) is 77.6 Å². The zero-order valence-electron chi connectivity index (χ0n) is 18.8. The van der Waals surface area contributed by atoms with Crippen LogP contribution in [0.3, 0.4) is 0 Å². The second-order valence-electron chi connectivity index (χ2n) is 8.40. The van der Waals surface area contributed by atoms with Crippen LogP contribution >= 0.6 is 0 Å². The molecular formula is C28H25N3O2. The van der Waals surface area contributed by atoms with Crippen molar-refractivity contribution in [3.05, 3.63) is 106 Å². The van der Waals surface area contributed by atoms with Gasteiger partial charge in [-0.05, 0) is 49.2 Å². The number of hydrogen-bond acceptors (Lipinski definition) is 3. The molecule has 0 N–H and O–H groups in total. The highest BCUT2D eigenvalue weighted by Gasteiger charge is 2.32. The largest absolute Gasteiger partial charge is 0.308 e. The third-order valence-electron chi connectivity index (χ3n) is 6.00. The van der Waals surface area contributed by atoms with Crippen molar-refractivity contribution in [3.63, 3.8) is 0 Å². The number of hydrogen-bond donors (Lipinski definition) is 0. The van der Waals surface area contributed by atoms with E-state index in [-0.39, 0.29) is 11.5 Å². The average Bonchev–Trinajstić information content (AvgIpc) is 3.07. The molecule has 164 valence electrons. The fraction of sp³-hybridized carbons (Fsp3) is 0.179. The lowest BCUT2D eigenvalue weighted by molar-refractivity contribution is -0.113. The van der Waals surface area contributed by atoms with E-state index in [4.69, 9.17) is 4.98 Å². The van der Waals surface area contributed by atoms with Crippen LogP contribution in [0, 0.1) is 6.92 Å². The van der Waals surface area contributed by atoms with E-state index in [1.807, 2.05) is 78.6 Å². The summed E-state index contributed by atoms with van der Waals surface area (Å²) in [5.74, 6) is 0.433. The molecule has 0 atom stereocenters. The predicted molar refractivity (Wildman–Crippen MR) is 133 cm³/mol. The lowest BCUT2D eigenvalue weighted by Crippen LogP contribution is -2.27. The zero-order valence-corrected chi connectivity index (χ0v) is 18.8. The number of anilines is 1. The van der Waals surface area contributed by atoms with E-state index in [1.54, 1.807) is 16.7 Å². The van der Waals surface area contributed by atoms with Crippen LogP contribution in [-0.2, 0) is 11.3 Å². The summed E-state index contributed by atoms with van der Waals surface area (Å²) in [7, 11) is 0. The number of nitrogens with zero attached hydrogens (tertiary/aromatic N) is 3. The molecule has 5 heteroatoms. The van der Waals surface area contributed by atoms with Crippen molar-refractivity contribution in [3.8, 4) is 0 Å². The lowest BCUT2D eigenvalue weighted by atomic mass is 10.0. The summed E-state index contributed by atoms with van der Waals surface area (Å²) in [6.45, 7) is 5.11. The Morgan fingerprint density at radius 1 is 0.939 bits per heavy atom. The molecule has 5 nitrogen and oxygen atoms in total. The standard InChI is InChI=1S/C28H25N3O2/c1-3-15-30-25-14-13-19(2)16-22(25)23(28(30)33)17-26-29-24-12-8-7-11-21(24)27(32)31(26)18-20-9-5-4-6-10-20/h4-14,16-17H,3,15,18H2,1-2H3/b23-17+. The first-order valence-corrected chi connectivity index (χ1v) is 11.2. The maximum absolute atomic E-state index is 13.5. The molecule has 2 heterocycles. The third-order valence-corrected chi connectivity index (χ3v) is 6.00. The number of carbonyl (C=O) groups excluding carboxylic acids is 1. The monoisotopic (exact) mass is 435 g/mol. The highest BCUT2D eigenvalue weighted by molar-refractivity contribution is 6.35. The van der Waals surface area contributed by atoms with E-state index < -0.39 is 0 Å². The second-order valence-corrected chi connectivity index (χ2v) is 8.40. The van der Waals surface area contributed by atoms with E-state index >= 15 is 0 Å². The van der Waals surface area contributed by atoms with E-state index in [0.29, 0.717) is 35.4 Å². The summed E-state index contributed by atoms with van der Waals surface area (Å²) in [6.07, 6.45) is 2.65. The van der Waals surface area contributed by atoms with Gasteiger partial charge < -0.3 is 4.90 Å². The van der Waals surface area contributed by atoms with Gasteiger partial charge in [-0.1, -0.05) is 61.0 Å². The van der Waals surface area contributed by atoms with Gasteiger partial charge in [-0.3, -0.25) is 14.2 Å². The SMILES string of the molecule is CCCN1C(=O)/C(=C/c2nc3ccccc3c(=O)n2Cc2ccccc2)c2cc(C)ccc21. The predicted octanol–water partition coefficient (Wildman–Crippen LogP) is 5.05. The number of benzene rings is 3. The summed E-state index contributed by atoms with van der Waals surface area (Å²) >= 11 is 0. The lowest BCUT2D eigenvalue weighted by Gasteiger charge is -2.15. The Morgan fingerprint density at radius 3 is 2.48 bits per heavy atom. The molecule has 0 saturated heterocycles. The molecule has 4 aromatic rings. The Bertz CT molecular complexity index is 1450. The van der Waals surface area contributed by atoms with Crippen molar-refractivity contribution in [1.82, 2.24) is 9.55 Å². The molecule has 0 unspecified atom stereocenters. The first-order valence-electron chi connectivity index (χ1n) is 11.2. The van der Waals surface area contributed by atoms with Gasteiger partial charge in [0.2, 0.25) is 0 Å². The first kappa shape index (κ1) is 20.9. The maximum Gasteiger partial charge on any atom is 0.261 e. The molecular weight excluding hydrogens is 410 g/mol.